The highest BCUT2D eigenvalue weighted by Crippen LogP contribution is 2.11. The van der Waals surface area contributed by atoms with Crippen molar-refractivity contribution in [1.82, 2.24) is 15.5 Å². The molecule has 1 heterocycles. The van der Waals surface area contributed by atoms with Gasteiger partial charge >= 0.3 is 0 Å². The van der Waals surface area contributed by atoms with Gasteiger partial charge in [0, 0.05) is 12.5 Å². The Kier molecular flexibility index (Phi) is 6.49. The fraction of sp³-hybridized carbons (Fsp3) is 0.818. The van der Waals surface area contributed by atoms with Crippen LogP contribution in [-0.4, -0.2) is 29.0 Å². The Bertz CT molecular complexity index is 291. The maximum Gasteiger partial charge on any atom is 0.226 e. The first-order valence-corrected chi connectivity index (χ1v) is 6.98. The van der Waals surface area contributed by atoms with Gasteiger partial charge in [-0.3, -0.25) is 0 Å². The first-order chi connectivity index (χ1) is 7.76. The van der Waals surface area contributed by atoms with Crippen molar-refractivity contribution in [2.45, 2.75) is 44.9 Å². The first-order valence-electron chi connectivity index (χ1n) is 5.82. The van der Waals surface area contributed by atoms with E-state index in [1.54, 1.807) is 0 Å². The molecule has 0 bridgehead atoms. The highest BCUT2D eigenvalue weighted by atomic mass is 32.2. The summed E-state index contributed by atoms with van der Waals surface area (Å²) in [5, 5.41) is 7.15. The lowest BCUT2D eigenvalue weighted by atomic mass is 10.2. The molecule has 1 atom stereocenters. The molecule has 0 saturated heterocycles. The number of rotatable bonds is 8. The number of aryl methyl sites for hydroxylation is 1. The van der Waals surface area contributed by atoms with E-state index in [-0.39, 0.29) is 0 Å². The number of hydrogen-bond donors (Lipinski definition) is 1. The van der Waals surface area contributed by atoms with Crippen molar-refractivity contribution in [3.63, 3.8) is 0 Å². The summed E-state index contributed by atoms with van der Waals surface area (Å²) in [6.07, 6.45) is 3.07. The molecule has 0 radical (unpaired) electrons. The Balaban J connectivity index is 2.28. The predicted octanol–water partition coefficient (Wildman–Crippen LogP) is 2.25. The fourth-order valence-electron chi connectivity index (χ4n) is 1.24. The smallest absolute Gasteiger partial charge is 0.226 e. The van der Waals surface area contributed by atoms with Gasteiger partial charge in [-0.15, -0.1) is 0 Å². The van der Waals surface area contributed by atoms with Crippen LogP contribution in [0.25, 0.3) is 0 Å². The van der Waals surface area contributed by atoms with Crippen molar-refractivity contribution in [3.8, 4) is 0 Å². The minimum atomic E-state index is 0.491. The quantitative estimate of drug-likeness (QED) is 0.710. The van der Waals surface area contributed by atoms with Crippen LogP contribution in [0.4, 0.5) is 0 Å². The van der Waals surface area contributed by atoms with Crippen molar-refractivity contribution in [2.24, 2.45) is 0 Å². The van der Waals surface area contributed by atoms with Gasteiger partial charge in [0.15, 0.2) is 5.82 Å². The van der Waals surface area contributed by atoms with Crippen LogP contribution in [0.5, 0.6) is 0 Å². The third-order valence-electron chi connectivity index (χ3n) is 2.37. The Morgan fingerprint density at radius 2 is 2.31 bits per heavy atom. The lowest BCUT2D eigenvalue weighted by molar-refractivity contribution is 0.365. The number of nitrogens with one attached hydrogen (secondary N) is 1. The van der Waals surface area contributed by atoms with Crippen LogP contribution in [0, 0.1) is 0 Å². The van der Waals surface area contributed by atoms with E-state index < -0.39 is 0 Å². The molecule has 0 saturated carbocycles. The van der Waals surface area contributed by atoms with E-state index in [1.807, 2.05) is 18.8 Å². The summed E-state index contributed by atoms with van der Waals surface area (Å²) in [5.41, 5.74) is 0. The highest BCUT2D eigenvalue weighted by Gasteiger charge is 2.07. The normalized spacial score (nSPS) is 12.9. The van der Waals surface area contributed by atoms with Gasteiger partial charge in [-0.1, -0.05) is 12.1 Å². The van der Waals surface area contributed by atoms with Crippen molar-refractivity contribution < 1.29 is 4.52 Å². The van der Waals surface area contributed by atoms with E-state index in [9.17, 15) is 0 Å². The van der Waals surface area contributed by atoms with E-state index in [1.165, 1.54) is 6.42 Å². The van der Waals surface area contributed by atoms with Gasteiger partial charge in [0.2, 0.25) is 5.89 Å². The zero-order chi connectivity index (χ0) is 11.8. The highest BCUT2D eigenvalue weighted by molar-refractivity contribution is 7.98. The van der Waals surface area contributed by atoms with E-state index in [2.05, 4.69) is 29.3 Å². The average Bonchev–Trinajstić information content (AvgIpc) is 2.74. The summed E-state index contributed by atoms with van der Waals surface area (Å²) in [6.45, 7) is 4.32. The molecule has 0 spiro atoms. The minimum Gasteiger partial charge on any atom is -0.339 e. The van der Waals surface area contributed by atoms with Crippen LogP contribution in [0.1, 0.15) is 38.4 Å². The second-order valence-electron chi connectivity index (χ2n) is 3.89. The summed E-state index contributed by atoms with van der Waals surface area (Å²) in [6, 6.07) is 0.491. The zero-order valence-corrected chi connectivity index (χ0v) is 11.1. The van der Waals surface area contributed by atoms with E-state index >= 15 is 0 Å². The molecule has 1 aromatic heterocycles. The molecule has 1 aromatic rings. The summed E-state index contributed by atoms with van der Waals surface area (Å²) < 4.78 is 5.19. The maximum atomic E-state index is 5.19. The monoisotopic (exact) mass is 243 g/mol. The number of aromatic nitrogens is 2. The van der Waals surface area contributed by atoms with E-state index in [0.29, 0.717) is 6.04 Å². The zero-order valence-electron chi connectivity index (χ0n) is 10.3. The lowest BCUT2D eigenvalue weighted by Gasteiger charge is -2.06. The van der Waals surface area contributed by atoms with E-state index in [4.69, 9.17) is 4.52 Å². The van der Waals surface area contributed by atoms with Gasteiger partial charge in [0.1, 0.15) is 0 Å². The molecule has 0 amide bonds. The first kappa shape index (κ1) is 13.5. The molecule has 0 aliphatic carbocycles. The van der Waals surface area contributed by atoms with Crippen LogP contribution < -0.4 is 5.32 Å². The van der Waals surface area contributed by atoms with Gasteiger partial charge in [0.25, 0.3) is 0 Å². The topological polar surface area (TPSA) is 51.0 Å². The maximum absolute atomic E-state index is 5.19. The van der Waals surface area contributed by atoms with Crippen LogP contribution in [-0.2, 0) is 12.2 Å². The number of hydrogen-bond acceptors (Lipinski definition) is 5. The molecule has 4 nitrogen and oxygen atoms in total. The molecule has 0 aliphatic heterocycles. The largest absolute Gasteiger partial charge is 0.339 e. The van der Waals surface area contributed by atoms with Crippen molar-refractivity contribution >= 4 is 11.8 Å². The Labute approximate surface area is 102 Å². The fourth-order valence-corrected chi connectivity index (χ4v) is 1.98. The van der Waals surface area contributed by atoms with Crippen LogP contribution >= 0.6 is 11.8 Å². The third-order valence-corrected chi connectivity index (χ3v) is 3.53. The van der Waals surface area contributed by atoms with Crippen LogP contribution in [0.3, 0.4) is 0 Å². The second-order valence-corrected chi connectivity index (χ2v) is 4.99. The van der Waals surface area contributed by atoms with Crippen LogP contribution in [0.2, 0.25) is 0 Å². The van der Waals surface area contributed by atoms with Gasteiger partial charge in [-0.05, 0) is 32.6 Å². The molecule has 5 heteroatoms. The van der Waals surface area contributed by atoms with Gasteiger partial charge in [-0.2, -0.15) is 16.7 Å². The third kappa shape index (κ3) is 4.99. The minimum absolute atomic E-state index is 0.491. The second kappa shape index (κ2) is 7.68. The SMILES string of the molecule is CCCSCc1noc(CCC(C)NC)n1. The molecule has 1 N–H and O–H groups in total. The predicted molar refractivity (Wildman–Crippen MR) is 67.6 cm³/mol. The number of nitrogens with zero attached hydrogens (tertiary/aromatic N) is 2. The van der Waals surface area contributed by atoms with Crippen LogP contribution in [0.15, 0.2) is 4.52 Å². The molecule has 92 valence electrons. The number of thioether (sulfide) groups is 1. The van der Waals surface area contributed by atoms with Gasteiger partial charge in [-0.25, -0.2) is 0 Å². The molecular weight excluding hydrogens is 222 g/mol. The van der Waals surface area contributed by atoms with E-state index in [0.717, 1.165) is 36.1 Å². The summed E-state index contributed by atoms with van der Waals surface area (Å²) in [7, 11) is 1.96. The summed E-state index contributed by atoms with van der Waals surface area (Å²) in [4.78, 5) is 4.36. The lowest BCUT2D eigenvalue weighted by Crippen LogP contribution is -2.21. The molecule has 0 aromatic carbocycles. The molecule has 0 aliphatic rings. The Hall–Kier alpha value is -0.550. The van der Waals surface area contributed by atoms with Crippen molar-refractivity contribution in [1.29, 1.82) is 0 Å². The van der Waals surface area contributed by atoms with Crippen molar-refractivity contribution in [3.05, 3.63) is 11.7 Å². The molecule has 1 unspecified atom stereocenters. The molecular formula is C11H21N3OS. The van der Waals surface area contributed by atoms with Crippen molar-refractivity contribution in [2.75, 3.05) is 12.8 Å². The summed E-state index contributed by atoms with van der Waals surface area (Å²) >= 11 is 1.85. The summed E-state index contributed by atoms with van der Waals surface area (Å²) in [5.74, 6) is 3.60. The molecule has 1 rings (SSSR count). The van der Waals surface area contributed by atoms with Gasteiger partial charge < -0.3 is 9.84 Å². The standard InChI is InChI=1S/C11H21N3OS/c1-4-7-16-8-10-13-11(15-14-10)6-5-9(2)12-3/h9,12H,4-8H2,1-3H3. The van der Waals surface area contributed by atoms with Gasteiger partial charge in [0.05, 0.1) is 5.75 Å². The molecule has 0 fully saturated rings. The Morgan fingerprint density at radius 1 is 1.50 bits per heavy atom. The molecule has 16 heavy (non-hydrogen) atoms. The Morgan fingerprint density at radius 3 is 3.00 bits per heavy atom. The average molecular weight is 243 g/mol.